The van der Waals surface area contributed by atoms with Crippen molar-refractivity contribution in [3.63, 3.8) is 0 Å². The van der Waals surface area contributed by atoms with Crippen LogP contribution in [0.1, 0.15) is 37.7 Å². The maximum atomic E-state index is 13.0. The molecule has 0 saturated heterocycles. The van der Waals surface area contributed by atoms with Gasteiger partial charge in [-0.1, -0.05) is 6.42 Å². The standard InChI is InChI=1S/C15H17F3N6O2/c16-15(17,18)9-4-5-10(11(8-9)24(25)26)23-13(20)21-12(19)22-14(23)6-2-1-3-7-14/h4-5,8H,1-3,6-7H2,(H4,19,20,21,22). The fraction of sp³-hybridized carbons (Fsp3) is 0.467. The van der Waals surface area contributed by atoms with E-state index >= 15 is 0 Å². The number of nitro groups is 1. The molecule has 26 heavy (non-hydrogen) atoms. The maximum Gasteiger partial charge on any atom is 0.416 e. The summed E-state index contributed by atoms with van der Waals surface area (Å²) in [6.45, 7) is 0. The Morgan fingerprint density at radius 1 is 1.19 bits per heavy atom. The number of nitrogens with zero attached hydrogens (tertiary/aromatic N) is 4. The second-order valence-corrected chi connectivity index (χ2v) is 6.28. The number of guanidine groups is 2. The van der Waals surface area contributed by atoms with Crippen LogP contribution in [0.3, 0.4) is 0 Å². The highest BCUT2D eigenvalue weighted by molar-refractivity contribution is 6.06. The molecule has 1 aliphatic carbocycles. The molecule has 1 aromatic rings. The zero-order chi connectivity index (χ0) is 19.1. The summed E-state index contributed by atoms with van der Waals surface area (Å²) in [4.78, 5) is 20.2. The summed E-state index contributed by atoms with van der Waals surface area (Å²) in [6.07, 6.45) is -1.14. The lowest BCUT2D eigenvalue weighted by atomic mass is 9.87. The van der Waals surface area contributed by atoms with Crippen molar-refractivity contribution >= 4 is 23.3 Å². The average Bonchev–Trinajstić information content (AvgIpc) is 2.53. The maximum absolute atomic E-state index is 13.0. The molecule has 0 bridgehead atoms. The van der Waals surface area contributed by atoms with Crippen LogP contribution in [0.2, 0.25) is 0 Å². The van der Waals surface area contributed by atoms with Crippen molar-refractivity contribution < 1.29 is 18.1 Å². The number of nitro benzene ring substituents is 1. The second-order valence-electron chi connectivity index (χ2n) is 6.28. The number of anilines is 1. The quantitative estimate of drug-likeness (QED) is 0.612. The molecule has 0 amide bonds. The molecule has 1 saturated carbocycles. The summed E-state index contributed by atoms with van der Waals surface area (Å²) >= 11 is 0. The van der Waals surface area contributed by atoms with E-state index in [4.69, 9.17) is 11.5 Å². The third-order valence-corrected chi connectivity index (χ3v) is 4.59. The number of alkyl halides is 3. The first-order valence-corrected chi connectivity index (χ1v) is 7.99. The van der Waals surface area contributed by atoms with Crippen LogP contribution in [0.4, 0.5) is 24.5 Å². The van der Waals surface area contributed by atoms with Crippen LogP contribution in [0, 0.1) is 10.1 Å². The van der Waals surface area contributed by atoms with Gasteiger partial charge in [0.25, 0.3) is 5.69 Å². The largest absolute Gasteiger partial charge is 0.416 e. The number of hydrogen-bond donors (Lipinski definition) is 2. The molecule has 11 heteroatoms. The highest BCUT2D eigenvalue weighted by atomic mass is 19.4. The Balaban J connectivity index is 2.17. The lowest BCUT2D eigenvalue weighted by Crippen LogP contribution is -2.58. The molecule has 8 nitrogen and oxygen atoms in total. The van der Waals surface area contributed by atoms with Crippen molar-refractivity contribution in [2.24, 2.45) is 21.5 Å². The van der Waals surface area contributed by atoms with E-state index < -0.39 is 28.0 Å². The van der Waals surface area contributed by atoms with Gasteiger partial charge in [0, 0.05) is 6.07 Å². The van der Waals surface area contributed by atoms with Gasteiger partial charge in [-0.05, 0) is 37.8 Å². The fourth-order valence-electron chi connectivity index (χ4n) is 3.50. The third kappa shape index (κ3) is 3.04. The van der Waals surface area contributed by atoms with Crippen molar-refractivity contribution in [1.82, 2.24) is 0 Å². The van der Waals surface area contributed by atoms with Gasteiger partial charge >= 0.3 is 6.18 Å². The Morgan fingerprint density at radius 3 is 2.42 bits per heavy atom. The average molecular weight is 370 g/mol. The van der Waals surface area contributed by atoms with Crippen molar-refractivity contribution in [3.8, 4) is 0 Å². The van der Waals surface area contributed by atoms with Crippen LogP contribution >= 0.6 is 0 Å². The lowest BCUT2D eigenvalue weighted by molar-refractivity contribution is -0.384. The molecule has 1 aromatic carbocycles. The molecule has 1 heterocycles. The minimum absolute atomic E-state index is 0.0461. The van der Waals surface area contributed by atoms with Crippen molar-refractivity contribution in [3.05, 3.63) is 33.9 Å². The topological polar surface area (TPSA) is 123 Å². The Labute approximate surface area is 146 Å². The predicted octanol–water partition coefficient (Wildman–Crippen LogP) is 2.72. The van der Waals surface area contributed by atoms with E-state index in [0.717, 1.165) is 31.4 Å². The highest BCUT2D eigenvalue weighted by Gasteiger charge is 2.45. The minimum atomic E-state index is -4.70. The second kappa shape index (κ2) is 6.15. The van der Waals surface area contributed by atoms with Crippen LogP contribution in [0.15, 0.2) is 28.2 Å². The van der Waals surface area contributed by atoms with E-state index in [1.54, 1.807) is 0 Å². The molecule has 3 rings (SSSR count). The molecule has 140 valence electrons. The number of hydrogen-bond acceptors (Lipinski definition) is 7. The first-order valence-electron chi connectivity index (χ1n) is 7.99. The van der Waals surface area contributed by atoms with E-state index in [1.807, 2.05) is 0 Å². The number of benzene rings is 1. The lowest BCUT2D eigenvalue weighted by Gasteiger charge is -2.45. The summed E-state index contributed by atoms with van der Waals surface area (Å²) < 4.78 is 38.9. The Kier molecular flexibility index (Phi) is 4.24. The van der Waals surface area contributed by atoms with Crippen LogP contribution in [-0.4, -0.2) is 22.5 Å². The number of rotatable bonds is 2. The molecule has 0 atom stereocenters. The van der Waals surface area contributed by atoms with Crippen molar-refractivity contribution in [1.29, 1.82) is 0 Å². The van der Waals surface area contributed by atoms with E-state index in [1.165, 1.54) is 4.90 Å². The Hall–Kier alpha value is -2.85. The van der Waals surface area contributed by atoms with E-state index in [0.29, 0.717) is 18.9 Å². The van der Waals surface area contributed by atoms with Gasteiger partial charge in [0.1, 0.15) is 11.4 Å². The minimum Gasteiger partial charge on any atom is -0.369 e. The van der Waals surface area contributed by atoms with E-state index in [9.17, 15) is 23.3 Å². The number of halogens is 3. The summed E-state index contributed by atoms with van der Waals surface area (Å²) in [6, 6.07) is 2.32. The fourth-order valence-corrected chi connectivity index (χ4v) is 3.50. The van der Waals surface area contributed by atoms with Gasteiger partial charge in [0.2, 0.25) is 11.9 Å². The van der Waals surface area contributed by atoms with Gasteiger partial charge in [0.05, 0.1) is 10.5 Å². The molecular weight excluding hydrogens is 353 g/mol. The number of nitrogens with two attached hydrogens (primary N) is 2. The van der Waals surface area contributed by atoms with Gasteiger partial charge < -0.3 is 11.5 Å². The molecule has 0 radical (unpaired) electrons. The predicted molar refractivity (Wildman–Crippen MR) is 89.6 cm³/mol. The van der Waals surface area contributed by atoms with Gasteiger partial charge in [-0.15, -0.1) is 0 Å². The number of aliphatic imine (C=N–C) groups is 2. The molecule has 4 N–H and O–H groups in total. The van der Waals surface area contributed by atoms with Crippen LogP contribution in [0.5, 0.6) is 0 Å². The molecule has 1 spiro atoms. The van der Waals surface area contributed by atoms with Gasteiger partial charge in [-0.2, -0.15) is 18.2 Å². The van der Waals surface area contributed by atoms with Crippen LogP contribution < -0.4 is 16.4 Å². The molecule has 1 aliphatic heterocycles. The van der Waals surface area contributed by atoms with Crippen LogP contribution in [-0.2, 0) is 6.18 Å². The summed E-state index contributed by atoms with van der Waals surface area (Å²) in [7, 11) is 0. The SMILES string of the molecule is NC1=NC2(CCCCC2)N(c2ccc(C(F)(F)F)cc2[N+](=O)[O-])C(N)=N1. The normalized spacial score (nSPS) is 19.9. The zero-order valence-corrected chi connectivity index (χ0v) is 13.7. The van der Waals surface area contributed by atoms with Crippen molar-refractivity contribution in [2.45, 2.75) is 43.9 Å². The summed E-state index contributed by atoms with van der Waals surface area (Å²) in [5.41, 5.74) is 8.82. The molecule has 0 aromatic heterocycles. The van der Waals surface area contributed by atoms with E-state index in [-0.39, 0.29) is 17.6 Å². The van der Waals surface area contributed by atoms with Gasteiger partial charge in [-0.3, -0.25) is 15.0 Å². The third-order valence-electron chi connectivity index (χ3n) is 4.59. The summed E-state index contributed by atoms with van der Waals surface area (Å²) in [5.74, 6) is -0.169. The van der Waals surface area contributed by atoms with Crippen LogP contribution in [0.25, 0.3) is 0 Å². The monoisotopic (exact) mass is 370 g/mol. The first kappa shape index (κ1) is 18.0. The zero-order valence-electron chi connectivity index (χ0n) is 13.7. The first-order chi connectivity index (χ1) is 12.1. The van der Waals surface area contributed by atoms with Gasteiger partial charge in [0.15, 0.2) is 0 Å². The van der Waals surface area contributed by atoms with E-state index in [2.05, 4.69) is 9.98 Å². The molecule has 1 fully saturated rings. The highest BCUT2D eigenvalue weighted by Crippen LogP contribution is 2.44. The molecule has 0 unspecified atom stereocenters. The smallest absolute Gasteiger partial charge is 0.369 e. The summed E-state index contributed by atoms with van der Waals surface area (Å²) in [5, 5.41) is 11.5. The molecule has 2 aliphatic rings. The molecular formula is C15H17F3N6O2. The Bertz CT molecular complexity index is 799. The van der Waals surface area contributed by atoms with Crippen molar-refractivity contribution in [2.75, 3.05) is 4.90 Å². The van der Waals surface area contributed by atoms with Gasteiger partial charge in [-0.25, -0.2) is 4.99 Å². The Morgan fingerprint density at radius 2 is 1.85 bits per heavy atom.